The Labute approximate surface area is 253 Å². The van der Waals surface area contributed by atoms with Gasteiger partial charge in [0.15, 0.2) is 0 Å². The van der Waals surface area contributed by atoms with Gasteiger partial charge in [0.25, 0.3) is 0 Å². The number of methoxy groups -OCH3 is 2. The maximum Gasteiger partial charge on any atom is 0.225 e. The van der Waals surface area contributed by atoms with Gasteiger partial charge in [-0.05, 0) is 37.2 Å². The van der Waals surface area contributed by atoms with Crippen LogP contribution in [0.2, 0.25) is 0 Å². The smallest absolute Gasteiger partial charge is 0.225 e. The van der Waals surface area contributed by atoms with Crippen molar-refractivity contribution in [3.05, 3.63) is 35.9 Å². The first kappa shape index (κ1) is 35.7. The molecule has 238 valence electrons. The van der Waals surface area contributed by atoms with E-state index >= 15 is 0 Å². The maximum atomic E-state index is 13.8. The Balaban J connectivity index is 2.15. The van der Waals surface area contributed by atoms with Gasteiger partial charge in [0.1, 0.15) is 0 Å². The molecule has 3 amide bonds. The van der Waals surface area contributed by atoms with Crippen molar-refractivity contribution in [2.75, 3.05) is 27.8 Å². The van der Waals surface area contributed by atoms with Crippen LogP contribution < -0.4 is 5.32 Å². The lowest BCUT2D eigenvalue weighted by atomic mass is 9.90. The van der Waals surface area contributed by atoms with Gasteiger partial charge in [-0.3, -0.25) is 14.4 Å². The van der Waals surface area contributed by atoms with Crippen LogP contribution in [0, 0.1) is 17.8 Å². The number of nitrogens with one attached hydrogen (secondary N) is 1. The van der Waals surface area contributed by atoms with Crippen molar-refractivity contribution in [3.8, 4) is 0 Å². The summed E-state index contributed by atoms with van der Waals surface area (Å²) >= 11 is 0. The van der Waals surface area contributed by atoms with E-state index in [0.717, 1.165) is 24.8 Å². The Kier molecular flexibility index (Phi) is 14.4. The lowest BCUT2D eigenvalue weighted by Gasteiger charge is -2.39. The number of hydrogen-bond acceptors (Lipinski definition) is 6. The summed E-state index contributed by atoms with van der Waals surface area (Å²) in [5, 5.41) is 13.7. The van der Waals surface area contributed by atoms with Crippen LogP contribution in [0.5, 0.6) is 0 Å². The Bertz CT molecular complexity index is 989. The molecule has 0 bridgehead atoms. The zero-order chi connectivity index (χ0) is 31.6. The van der Waals surface area contributed by atoms with Gasteiger partial charge in [0, 0.05) is 34.2 Å². The van der Waals surface area contributed by atoms with E-state index in [-0.39, 0.29) is 48.1 Å². The fraction of sp³-hybridized carbons (Fsp3) is 0.727. The molecule has 1 aliphatic rings. The number of aliphatic hydroxyl groups is 1. The summed E-state index contributed by atoms with van der Waals surface area (Å²) in [5.74, 6) is -0.424. The van der Waals surface area contributed by atoms with Crippen LogP contribution in [-0.2, 0) is 23.9 Å². The average Bonchev–Trinajstić information content (AvgIpc) is 3.46. The monoisotopic (exact) mass is 589 g/mol. The van der Waals surface area contributed by atoms with Crippen molar-refractivity contribution >= 4 is 17.7 Å². The summed E-state index contributed by atoms with van der Waals surface area (Å²) in [6.07, 6.45) is 1.15. The summed E-state index contributed by atoms with van der Waals surface area (Å²) in [4.78, 5) is 43.7. The van der Waals surface area contributed by atoms with Crippen molar-refractivity contribution in [2.24, 2.45) is 17.8 Å². The Hall–Kier alpha value is -2.49. The zero-order valence-electron chi connectivity index (χ0n) is 27.2. The number of carbonyl (C=O) groups excluding carboxylic acids is 3. The number of benzene rings is 1. The second-order valence-corrected chi connectivity index (χ2v) is 12.4. The van der Waals surface area contributed by atoms with Crippen LogP contribution >= 0.6 is 0 Å². The summed E-state index contributed by atoms with van der Waals surface area (Å²) in [7, 11) is 4.99. The lowest BCUT2D eigenvalue weighted by Crippen LogP contribution is -2.53. The molecule has 0 aliphatic carbocycles. The molecule has 1 aromatic rings. The average molecular weight is 590 g/mol. The molecular formula is C33H55N3O6. The van der Waals surface area contributed by atoms with Gasteiger partial charge >= 0.3 is 0 Å². The molecule has 0 saturated carbocycles. The molecule has 1 aromatic carbocycles. The van der Waals surface area contributed by atoms with E-state index in [1.807, 2.05) is 56.1 Å². The third-order valence-electron chi connectivity index (χ3n) is 8.87. The van der Waals surface area contributed by atoms with Crippen molar-refractivity contribution in [1.29, 1.82) is 0 Å². The molecule has 1 saturated heterocycles. The normalized spacial score (nSPS) is 20.4. The quantitative estimate of drug-likeness (QED) is 0.299. The van der Waals surface area contributed by atoms with Gasteiger partial charge in [-0.15, -0.1) is 0 Å². The highest BCUT2D eigenvalue weighted by Gasteiger charge is 2.42. The van der Waals surface area contributed by atoms with E-state index < -0.39 is 30.3 Å². The first-order valence-corrected chi connectivity index (χ1v) is 15.5. The fourth-order valence-electron chi connectivity index (χ4n) is 6.19. The summed E-state index contributed by atoms with van der Waals surface area (Å²) in [5.41, 5.74) is 0.730. The largest absolute Gasteiger partial charge is 0.386 e. The van der Waals surface area contributed by atoms with E-state index in [4.69, 9.17) is 9.47 Å². The van der Waals surface area contributed by atoms with Gasteiger partial charge < -0.3 is 29.7 Å². The molecule has 8 atom stereocenters. The predicted octanol–water partition coefficient (Wildman–Crippen LogP) is 4.19. The molecule has 9 nitrogen and oxygen atoms in total. The lowest BCUT2D eigenvalue weighted by molar-refractivity contribution is -0.146. The number of aliphatic hydroxyl groups excluding tert-OH is 1. The maximum absolute atomic E-state index is 13.8. The van der Waals surface area contributed by atoms with Gasteiger partial charge in [0.2, 0.25) is 17.7 Å². The van der Waals surface area contributed by atoms with E-state index in [9.17, 15) is 19.5 Å². The predicted molar refractivity (Wildman–Crippen MR) is 165 cm³/mol. The van der Waals surface area contributed by atoms with Crippen LogP contribution in [0.1, 0.15) is 85.3 Å². The molecule has 1 unspecified atom stereocenters. The van der Waals surface area contributed by atoms with Gasteiger partial charge in [-0.25, -0.2) is 0 Å². The number of amides is 3. The molecule has 1 fully saturated rings. The van der Waals surface area contributed by atoms with Crippen molar-refractivity contribution < 1.29 is 29.0 Å². The fourth-order valence-corrected chi connectivity index (χ4v) is 6.19. The molecular weight excluding hydrogens is 534 g/mol. The van der Waals surface area contributed by atoms with Crippen molar-refractivity contribution in [2.45, 2.75) is 110 Å². The third kappa shape index (κ3) is 9.25. The number of nitrogens with zero attached hydrogens (tertiary/aromatic N) is 2. The summed E-state index contributed by atoms with van der Waals surface area (Å²) < 4.78 is 11.8. The first-order valence-electron chi connectivity index (χ1n) is 15.5. The minimum absolute atomic E-state index is 0.0507. The molecule has 0 radical (unpaired) electrons. The number of ether oxygens (including phenoxy) is 2. The molecule has 9 heteroatoms. The van der Waals surface area contributed by atoms with E-state index in [0.29, 0.717) is 13.0 Å². The highest BCUT2D eigenvalue weighted by molar-refractivity contribution is 5.81. The van der Waals surface area contributed by atoms with E-state index in [1.54, 1.807) is 33.0 Å². The van der Waals surface area contributed by atoms with E-state index in [1.165, 1.54) is 0 Å². The minimum atomic E-state index is -0.845. The number of rotatable bonds is 16. The third-order valence-corrected chi connectivity index (χ3v) is 8.87. The molecule has 1 heterocycles. The van der Waals surface area contributed by atoms with Gasteiger partial charge in [-0.2, -0.15) is 0 Å². The molecule has 42 heavy (non-hydrogen) atoms. The topological polar surface area (TPSA) is 108 Å². The van der Waals surface area contributed by atoms with Crippen LogP contribution in [-0.4, -0.2) is 90.8 Å². The summed E-state index contributed by atoms with van der Waals surface area (Å²) in [6, 6.07) is 8.22. The Morgan fingerprint density at radius 3 is 2.24 bits per heavy atom. The Morgan fingerprint density at radius 1 is 1.05 bits per heavy atom. The zero-order valence-corrected chi connectivity index (χ0v) is 27.2. The SMILES string of the molecule is CC[C@H](C)[C@@H]([C@@H](CC(=O)N1CCC[C@H]1[C@H](OC)[C@@H](C)C(=O)N[C@H](C)C(O)c1ccccc1)OC)N(C)C(=O)CC(C)C. The summed E-state index contributed by atoms with van der Waals surface area (Å²) in [6.45, 7) is 12.4. The van der Waals surface area contributed by atoms with Crippen molar-refractivity contribution in [1.82, 2.24) is 15.1 Å². The molecule has 0 spiro atoms. The number of likely N-dealkylation sites (N-methyl/N-ethyl adjacent to an activating group) is 1. The van der Waals surface area contributed by atoms with Crippen molar-refractivity contribution in [3.63, 3.8) is 0 Å². The molecule has 0 aromatic heterocycles. The number of likely N-dealkylation sites (tertiary alicyclic amines) is 1. The standard InChI is InChI=1S/C33H55N3O6/c1-10-22(4)30(35(7)28(37)19-21(2)3)27(41-8)20-29(38)36-18-14-17-26(36)32(42-9)23(5)33(40)34-24(6)31(39)25-15-12-11-13-16-25/h11-13,15-16,21-24,26-27,30-32,39H,10,14,17-20H2,1-9H3,(H,34,40)/t22-,23+,24+,26-,27+,30-,31?,32+/m0/s1. The molecule has 2 N–H and O–H groups in total. The van der Waals surface area contributed by atoms with Gasteiger partial charge in [0.05, 0.1) is 48.8 Å². The number of hydrogen-bond donors (Lipinski definition) is 2. The first-order chi connectivity index (χ1) is 19.9. The second-order valence-electron chi connectivity index (χ2n) is 12.4. The van der Waals surface area contributed by atoms with Gasteiger partial charge in [-0.1, -0.05) is 71.4 Å². The van der Waals surface area contributed by atoms with Crippen LogP contribution in [0.4, 0.5) is 0 Å². The van der Waals surface area contributed by atoms with Crippen LogP contribution in [0.15, 0.2) is 30.3 Å². The van der Waals surface area contributed by atoms with Crippen LogP contribution in [0.3, 0.4) is 0 Å². The van der Waals surface area contributed by atoms with Crippen LogP contribution in [0.25, 0.3) is 0 Å². The highest BCUT2D eigenvalue weighted by Crippen LogP contribution is 2.30. The highest BCUT2D eigenvalue weighted by atomic mass is 16.5. The Morgan fingerprint density at radius 2 is 1.69 bits per heavy atom. The molecule has 2 rings (SSSR count). The minimum Gasteiger partial charge on any atom is -0.386 e. The second kappa shape index (κ2) is 17.0. The molecule has 1 aliphatic heterocycles. The number of carbonyl (C=O) groups is 3. The van der Waals surface area contributed by atoms with E-state index in [2.05, 4.69) is 19.2 Å².